The maximum absolute atomic E-state index is 12.7. The van der Waals surface area contributed by atoms with Crippen LogP contribution in [-0.4, -0.2) is 66.3 Å². The van der Waals surface area contributed by atoms with Crippen molar-refractivity contribution in [2.24, 2.45) is 17.6 Å². The van der Waals surface area contributed by atoms with Crippen molar-refractivity contribution in [3.8, 4) is 11.1 Å². The number of hydrogen-bond donors (Lipinski definition) is 6. The highest BCUT2D eigenvalue weighted by Crippen LogP contribution is 2.44. The Morgan fingerprint density at radius 3 is 1.88 bits per heavy atom. The monoisotopic (exact) mass is 707 g/mol. The third-order valence-corrected chi connectivity index (χ3v) is 7.66. The van der Waals surface area contributed by atoms with Crippen LogP contribution in [0, 0.1) is 11.8 Å². The van der Waals surface area contributed by atoms with E-state index in [1.807, 2.05) is 52.0 Å². The van der Waals surface area contributed by atoms with Gasteiger partial charge < -0.3 is 26.2 Å². The number of carbonyl (C=O) groups is 5. The lowest BCUT2D eigenvalue weighted by Crippen LogP contribution is -2.55. The molecule has 2 aromatic carbocycles. The second-order valence-corrected chi connectivity index (χ2v) is 12.8. The van der Waals surface area contributed by atoms with Gasteiger partial charge in [0.2, 0.25) is 11.8 Å². The Bertz CT molecular complexity index is 1410. The SMILES string of the molecule is CC(C)C[C@H](N)C(=O)N[C@H](CC(C)C)C(=O)NNC(=O)CCCCCNC(=O)OCC1c2ccccc2-c2ccccc21.O=C(O)C(F)(F)F. The maximum Gasteiger partial charge on any atom is 0.490 e. The van der Waals surface area contributed by atoms with Gasteiger partial charge in [0, 0.05) is 18.9 Å². The molecule has 0 radical (unpaired) electrons. The number of unbranched alkanes of at least 4 members (excludes halogenated alkanes) is 2. The van der Waals surface area contributed by atoms with Crippen LogP contribution in [0.4, 0.5) is 18.0 Å². The van der Waals surface area contributed by atoms with E-state index in [9.17, 15) is 32.3 Å². The summed E-state index contributed by atoms with van der Waals surface area (Å²) in [4.78, 5) is 58.6. The number of fused-ring (bicyclic) bond motifs is 3. The molecule has 0 aromatic heterocycles. The fraction of sp³-hybridized carbons (Fsp3) is 0.514. The Labute approximate surface area is 290 Å². The molecule has 0 heterocycles. The molecule has 0 bridgehead atoms. The second kappa shape index (κ2) is 20.1. The van der Waals surface area contributed by atoms with Gasteiger partial charge in [-0.15, -0.1) is 0 Å². The van der Waals surface area contributed by atoms with Crippen molar-refractivity contribution in [3.63, 3.8) is 0 Å². The van der Waals surface area contributed by atoms with Gasteiger partial charge in [0.1, 0.15) is 12.6 Å². The van der Waals surface area contributed by atoms with Crippen LogP contribution < -0.4 is 27.2 Å². The van der Waals surface area contributed by atoms with Gasteiger partial charge >= 0.3 is 18.2 Å². The molecule has 3 rings (SSSR count). The summed E-state index contributed by atoms with van der Waals surface area (Å²) in [5.41, 5.74) is 15.5. The topological polar surface area (TPSA) is 189 Å². The Balaban J connectivity index is 0.00000112. The van der Waals surface area contributed by atoms with Gasteiger partial charge in [-0.25, -0.2) is 9.59 Å². The van der Waals surface area contributed by atoms with Crippen molar-refractivity contribution in [2.45, 2.75) is 90.4 Å². The van der Waals surface area contributed by atoms with Crippen LogP contribution in [0.2, 0.25) is 0 Å². The van der Waals surface area contributed by atoms with E-state index < -0.39 is 36.2 Å². The molecule has 4 amide bonds. The third-order valence-electron chi connectivity index (χ3n) is 7.66. The molecular formula is C35H48F3N5O7. The molecule has 2 atom stereocenters. The molecule has 15 heteroatoms. The molecule has 1 aliphatic rings. The highest BCUT2D eigenvalue weighted by Gasteiger charge is 2.38. The molecule has 0 spiro atoms. The number of carboxylic acids is 1. The summed E-state index contributed by atoms with van der Waals surface area (Å²) in [6.45, 7) is 8.54. The molecule has 0 saturated carbocycles. The number of nitrogens with one attached hydrogen (secondary N) is 4. The van der Waals surface area contributed by atoms with E-state index in [1.165, 1.54) is 11.1 Å². The predicted octanol–water partition coefficient (Wildman–Crippen LogP) is 4.77. The molecule has 0 aliphatic heterocycles. The van der Waals surface area contributed by atoms with Crippen LogP contribution in [0.1, 0.15) is 83.3 Å². The summed E-state index contributed by atoms with van der Waals surface area (Å²) in [5, 5.41) is 12.6. The van der Waals surface area contributed by atoms with Gasteiger partial charge in [-0.05, 0) is 59.8 Å². The first-order valence-corrected chi connectivity index (χ1v) is 16.5. The summed E-state index contributed by atoms with van der Waals surface area (Å²) in [7, 11) is 0. The maximum atomic E-state index is 12.7. The smallest absolute Gasteiger partial charge is 0.475 e. The number of aliphatic carboxylic acids is 1. The number of ether oxygens (including phenoxy) is 1. The van der Waals surface area contributed by atoms with Crippen LogP contribution in [0.5, 0.6) is 0 Å². The first kappa shape index (κ1) is 41.5. The number of rotatable bonds is 15. The number of amides is 4. The van der Waals surface area contributed by atoms with E-state index in [2.05, 4.69) is 45.8 Å². The minimum absolute atomic E-state index is 0.0107. The summed E-state index contributed by atoms with van der Waals surface area (Å²) in [6, 6.07) is 14.9. The van der Waals surface area contributed by atoms with Crippen molar-refractivity contribution < 1.29 is 47.0 Å². The van der Waals surface area contributed by atoms with E-state index in [0.717, 1.165) is 11.1 Å². The number of hydrazine groups is 1. The molecule has 12 nitrogen and oxygen atoms in total. The standard InChI is InChI=1S/C33H47N5O5.C2HF3O2/c1-21(2)18-28(34)31(40)36-29(19-22(3)4)32(41)38-37-30(39)16-6-5-11-17-35-33(42)43-20-27-25-14-9-7-12-23(25)24-13-8-10-15-26(24)27;3-2(4,5)1(6)7/h7-10,12-15,21-22,27-29H,5-6,11,16-20,34H2,1-4H3,(H,35,42)(H,36,40)(H,37,39)(H,38,41);(H,6,7)/t28-,29+;/m0./s1. The lowest BCUT2D eigenvalue weighted by Gasteiger charge is -2.22. The number of carboxylic acid groups (broad SMARTS) is 1. The zero-order valence-corrected chi connectivity index (χ0v) is 28.8. The van der Waals surface area contributed by atoms with Gasteiger partial charge in [-0.3, -0.25) is 25.2 Å². The summed E-state index contributed by atoms with van der Waals surface area (Å²) < 4.78 is 37.3. The fourth-order valence-corrected chi connectivity index (χ4v) is 5.30. The molecule has 2 aromatic rings. The van der Waals surface area contributed by atoms with Gasteiger partial charge in [0.25, 0.3) is 5.91 Å². The van der Waals surface area contributed by atoms with Gasteiger partial charge in [-0.2, -0.15) is 13.2 Å². The summed E-state index contributed by atoms with van der Waals surface area (Å²) >= 11 is 0. The highest BCUT2D eigenvalue weighted by atomic mass is 19.4. The first-order chi connectivity index (χ1) is 23.5. The quantitative estimate of drug-likeness (QED) is 0.113. The average molecular weight is 708 g/mol. The van der Waals surface area contributed by atoms with E-state index in [1.54, 1.807) is 0 Å². The number of benzene rings is 2. The number of alkyl halides is 3. The largest absolute Gasteiger partial charge is 0.490 e. The van der Waals surface area contributed by atoms with E-state index in [4.69, 9.17) is 20.4 Å². The number of alkyl carbamates (subject to hydrolysis) is 1. The van der Waals surface area contributed by atoms with E-state index >= 15 is 0 Å². The lowest BCUT2D eigenvalue weighted by atomic mass is 9.98. The van der Waals surface area contributed by atoms with Gasteiger partial charge in [-0.1, -0.05) is 82.6 Å². The minimum atomic E-state index is -5.08. The van der Waals surface area contributed by atoms with Crippen molar-refractivity contribution >= 4 is 29.8 Å². The third kappa shape index (κ3) is 14.1. The summed E-state index contributed by atoms with van der Waals surface area (Å²) in [6.07, 6.45) is -2.42. The normalized spacial score (nSPS) is 13.2. The van der Waals surface area contributed by atoms with Crippen LogP contribution in [0.25, 0.3) is 11.1 Å². The van der Waals surface area contributed by atoms with Crippen molar-refractivity contribution in [1.82, 2.24) is 21.5 Å². The number of hydrogen-bond acceptors (Lipinski definition) is 7. The number of nitrogens with two attached hydrogens (primary N) is 1. The molecular weight excluding hydrogens is 659 g/mol. The second-order valence-electron chi connectivity index (χ2n) is 12.8. The highest BCUT2D eigenvalue weighted by molar-refractivity contribution is 5.90. The molecule has 0 saturated heterocycles. The Morgan fingerprint density at radius 2 is 1.36 bits per heavy atom. The zero-order chi connectivity index (χ0) is 37.4. The van der Waals surface area contributed by atoms with Crippen LogP contribution in [-0.2, 0) is 23.9 Å². The Morgan fingerprint density at radius 1 is 0.820 bits per heavy atom. The summed E-state index contributed by atoms with van der Waals surface area (Å²) in [5.74, 6) is -3.55. The van der Waals surface area contributed by atoms with Crippen molar-refractivity contribution in [3.05, 3.63) is 59.7 Å². The Kier molecular flexibility index (Phi) is 16.7. The van der Waals surface area contributed by atoms with Crippen molar-refractivity contribution in [1.29, 1.82) is 0 Å². The Hall–Kier alpha value is -4.66. The predicted molar refractivity (Wildman–Crippen MR) is 180 cm³/mol. The van der Waals surface area contributed by atoms with Crippen LogP contribution in [0.3, 0.4) is 0 Å². The van der Waals surface area contributed by atoms with E-state index in [-0.39, 0.29) is 42.6 Å². The fourth-order valence-electron chi connectivity index (χ4n) is 5.30. The molecule has 0 fully saturated rings. The number of halogens is 3. The van der Waals surface area contributed by atoms with Gasteiger partial charge in [0.05, 0.1) is 6.04 Å². The number of carbonyl (C=O) groups excluding carboxylic acids is 4. The average Bonchev–Trinajstić information content (AvgIpc) is 3.36. The molecule has 276 valence electrons. The molecule has 1 aliphatic carbocycles. The molecule has 0 unspecified atom stereocenters. The zero-order valence-electron chi connectivity index (χ0n) is 28.8. The van der Waals surface area contributed by atoms with Crippen LogP contribution >= 0.6 is 0 Å². The minimum Gasteiger partial charge on any atom is -0.475 e. The van der Waals surface area contributed by atoms with Crippen LogP contribution in [0.15, 0.2) is 48.5 Å². The first-order valence-electron chi connectivity index (χ1n) is 16.5. The molecule has 7 N–H and O–H groups in total. The lowest BCUT2D eigenvalue weighted by molar-refractivity contribution is -0.192. The van der Waals surface area contributed by atoms with Gasteiger partial charge in [0.15, 0.2) is 0 Å². The molecule has 50 heavy (non-hydrogen) atoms. The van der Waals surface area contributed by atoms with E-state index in [0.29, 0.717) is 38.6 Å². The van der Waals surface area contributed by atoms with Crippen molar-refractivity contribution in [2.75, 3.05) is 13.2 Å².